The van der Waals surface area contributed by atoms with Crippen LogP contribution in [-0.2, 0) is 10.0 Å². The Balaban J connectivity index is 1.73. The normalized spacial score (nSPS) is 14.4. The monoisotopic (exact) mass is 352 g/mol. The molecule has 3 rings (SSSR count). The lowest BCUT2D eigenvalue weighted by Gasteiger charge is -2.08. The van der Waals surface area contributed by atoms with E-state index in [9.17, 15) is 22.0 Å². The number of hydrogen-bond acceptors (Lipinski definition) is 3. The Bertz CT molecular complexity index is 858. The lowest BCUT2D eigenvalue weighted by atomic mass is 10.2. The number of hydrogen-bond donors (Lipinski definition) is 2. The average molecular weight is 352 g/mol. The van der Waals surface area contributed by atoms with Gasteiger partial charge < -0.3 is 5.32 Å². The predicted octanol–water partition coefficient (Wildman–Crippen LogP) is 2.66. The Morgan fingerprint density at radius 3 is 2.12 bits per heavy atom. The fourth-order valence-corrected chi connectivity index (χ4v) is 3.41. The van der Waals surface area contributed by atoms with Crippen molar-refractivity contribution in [2.45, 2.75) is 23.8 Å². The maximum absolute atomic E-state index is 13.1. The predicted molar refractivity (Wildman–Crippen MR) is 84.1 cm³/mol. The second kappa shape index (κ2) is 6.29. The molecule has 1 saturated carbocycles. The van der Waals surface area contributed by atoms with Crippen molar-refractivity contribution in [2.75, 3.05) is 5.32 Å². The van der Waals surface area contributed by atoms with Crippen molar-refractivity contribution in [2.24, 2.45) is 0 Å². The van der Waals surface area contributed by atoms with Gasteiger partial charge in [-0.3, -0.25) is 4.79 Å². The molecule has 0 aliphatic heterocycles. The van der Waals surface area contributed by atoms with Crippen molar-refractivity contribution in [3.63, 3.8) is 0 Å². The maximum Gasteiger partial charge on any atom is 0.255 e. The van der Waals surface area contributed by atoms with Crippen molar-refractivity contribution in [1.82, 2.24) is 4.72 Å². The number of carbonyl (C=O) groups excluding carboxylic acids is 1. The summed E-state index contributed by atoms with van der Waals surface area (Å²) in [5.74, 6) is -2.21. The van der Waals surface area contributed by atoms with Crippen LogP contribution in [0.1, 0.15) is 23.2 Å². The van der Waals surface area contributed by atoms with Crippen LogP contribution in [0.4, 0.5) is 14.5 Å². The van der Waals surface area contributed by atoms with Gasteiger partial charge in [-0.25, -0.2) is 21.9 Å². The summed E-state index contributed by atoms with van der Waals surface area (Å²) >= 11 is 0. The molecule has 24 heavy (non-hydrogen) atoms. The number of benzene rings is 2. The minimum atomic E-state index is -3.59. The Morgan fingerprint density at radius 2 is 1.58 bits per heavy atom. The zero-order chi connectivity index (χ0) is 17.3. The van der Waals surface area contributed by atoms with Crippen molar-refractivity contribution in [1.29, 1.82) is 0 Å². The molecule has 126 valence electrons. The molecule has 2 aromatic carbocycles. The summed E-state index contributed by atoms with van der Waals surface area (Å²) in [5.41, 5.74) is 0.148. The van der Waals surface area contributed by atoms with Gasteiger partial charge in [0, 0.05) is 23.4 Å². The molecule has 1 fully saturated rings. The second-order valence-electron chi connectivity index (χ2n) is 5.53. The smallest absolute Gasteiger partial charge is 0.255 e. The van der Waals surface area contributed by atoms with E-state index in [-0.39, 0.29) is 22.2 Å². The van der Waals surface area contributed by atoms with Gasteiger partial charge in [0.25, 0.3) is 5.91 Å². The van der Waals surface area contributed by atoms with Crippen LogP contribution in [-0.4, -0.2) is 20.4 Å². The number of amides is 1. The van der Waals surface area contributed by atoms with Gasteiger partial charge in [-0.1, -0.05) is 0 Å². The highest BCUT2D eigenvalue weighted by Crippen LogP contribution is 2.22. The topological polar surface area (TPSA) is 75.3 Å². The lowest BCUT2D eigenvalue weighted by molar-refractivity contribution is 0.102. The summed E-state index contributed by atoms with van der Waals surface area (Å²) in [5, 5.41) is 2.36. The molecule has 0 saturated heterocycles. The summed E-state index contributed by atoms with van der Waals surface area (Å²) in [6.45, 7) is 0. The third-order valence-electron chi connectivity index (χ3n) is 3.45. The Morgan fingerprint density at radius 1 is 1.00 bits per heavy atom. The average Bonchev–Trinajstić information content (AvgIpc) is 3.29. The van der Waals surface area contributed by atoms with Crippen LogP contribution in [0.25, 0.3) is 0 Å². The van der Waals surface area contributed by atoms with Crippen molar-refractivity contribution in [3.05, 3.63) is 59.7 Å². The standard InChI is InChI=1S/C16H14F2N2O3S/c17-11-7-12(18)9-14(8-11)19-16(21)10-1-5-15(6-2-10)24(22,23)20-13-3-4-13/h1-2,5-9,13,20H,3-4H2,(H,19,21). The fourth-order valence-electron chi connectivity index (χ4n) is 2.10. The molecule has 1 amide bonds. The van der Waals surface area contributed by atoms with Crippen molar-refractivity contribution >= 4 is 21.6 Å². The zero-order valence-electron chi connectivity index (χ0n) is 12.4. The zero-order valence-corrected chi connectivity index (χ0v) is 13.2. The summed E-state index contributed by atoms with van der Waals surface area (Å²) in [7, 11) is -3.59. The molecule has 0 aromatic heterocycles. The lowest BCUT2D eigenvalue weighted by Crippen LogP contribution is -2.25. The highest BCUT2D eigenvalue weighted by Gasteiger charge is 2.27. The Hall–Kier alpha value is -2.32. The molecule has 0 spiro atoms. The molecule has 0 radical (unpaired) electrons. The molecular weight excluding hydrogens is 338 g/mol. The van der Waals surface area contributed by atoms with Gasteiger partial charge in [-0.2, -0.15) is 0 Å². The number of anilines is 1. The summed E-state index contributed by atoms with van der Waals surface area (Å²) in [6, 6.07) is 7.96. The van der Waals surface area contributed by atoms with Crippen LogP contribution in [0, 0.1) is 11.6 Å². The molecule has 1 aliphatic carbocycles. The minimum absolute atomic E-state index is 0.0131. The van der Waals surface area contributed by atoms with Gasteiger partial charge in [0.1, 0.15) is 11.6 Å². The highest BCUT2D eigenvalue weighted by atomic mass is 32.2. The first-order valence-electron chi connectivity index (χ1n) is 7.23. The van der Waals surface area contributed by atoms with Gasteiger partial charge in [0.2, 0.25) is 10.0 Å². The number of nitrogens with one attached hydrogen (secondary N) is 2. The minimum Gasteiger partial charge on any atom is -0.322 e. The molecule has 2 N–H and O–H groups in total. The second-order valence-corrected chi connectivity index (χ2v) is 7.25. The third kappa shape index (κ3) is 3.95. The van der Waals surface area contributed by atoms with Crippen LogP contribution < -0.4 is 10.0 Å². The third-order valence-corrected chi connectivity index (χ3v) is 4.98. The van der Waals surface area contributed by atoms with Crippen molar-refractivity contribution in [3.8, 4) is 0 Å². The van der Waals surface area contributed by atoms with Crippen LogP contribution in [0.5, 0.6) is 0 Å². The van der Waals surface area contributed by atoms with E-state index in [4.69, 9.17) is 0 Å². The highest BCUT2D eigenvalue weighted by molar-refractivity contribution is 7.89. The van der Waals surface area contributed by atoms with E-state index in [1.54, 1.807) is 0 Å². The Labute approximate surface area is 137 Å². The van der Waals surface area contributed by atoms with E-state index in [1.807, 2.05) is 0 Å². The van der Waals surface area contributed by atoms with Crippen molar-refractivity contribution < 1.29 is 22.0 Å². The molecule has 0 atom stereocenters. The molecule has 0 unspecified atom stereocenters. The van der Waals surface area contributed by atoms with E-state index in [0.29, 0.717) is 6.07 Å². The van der Waals surface area contributed by atoms with Gasteiger partial charge in [-0.05, 0) is 49.2 Å². The SMILES string of the molecule is O=C(Nc1cc(F)cc(F)c1)c1ccc(S(=O)(=O)NC2CC2)cc1. The van der Waals surface area contributed by atoms with E-state index in [2.05, 4.69) is 10.0 Å². The van der Waals surface area contributed by atoms with Gasteiger partial charge in [0.05, 0.1) is 4.90 Å². The number of halogens is 2. The van der Waals surface area contributed by atoms with Crippen LogP contribution >= 0.6 is 0 Å². The van der Waals surface area contributed by atoms with E-state index in [0.717, 1.165) is 25.0 Å². The molecule has 5 nitrogen and oxygen atoms in total. The van der Waals surface area contributed by atoms with E-state index in [1.165, 1.54) is 24.3 Å². The first kappa shape index (κ1) is 16.5. The molecule has 8 heteroatoms. The fraction of sp³-hybridized carbons (Fsp3) is 0.188. The molecule has 0 heterocycles. The quantitative estimate of drug-likeness (QED) is 0.869. The van der Waals surface area contributed by atoms with E-state index < -0.39 is 27.6 Å². The first-order valence-corrected chi connectivity index (χ1v) is 8.72. The molecule has 2 aromatic rings. The number of carbonyl (C=O) groups is 1. The van der Waals surface area contributed by atoms with Crippen LogP contribution in [0.2, 0.25) is 0 Å². The number of sulfonamides is 1. The van der Waals surface area contributed by atoms with Gasteiger partial charge in [-0.15, -0.1) is 0 Å². The van der Waals surface area contributed by atoms with Crippen LogP contribution in [0.3, 0.4) is 0 Å². The van der Waals surface area contributed by atoms with Gasteiger partial charge >= 0.3 is 0 Å². The molecule has 0 bridgehead atoms. The maximum atomic E-state index is 13.1. The van der Waals surface area contributed by atoms with Crippen LogP contribution in [0.15, 0.2) is 47.4 Å². The first-order chi connectivity index (χ1) is 11.3. The Kier molecular flexibility index (Phi) is 4.33. The largest absolute Gasteiger partial charge is 0.322 e. The molecule has 1 aliphatic rings. The molecular formula is C16H14F2N2O3S. The van der Waals surface area contributed by atoms with Gasteiger partial charge in [0.15, 0.2) is 0 Å². The summed E-state index contributed by atoms with van der Waals surface area (Å²) < 4.78 is 52.8. The summed E-state index contributed by atoms with van der Waals surface area (Å²) in [4.78, 5) is 12.1. The van der Waals surface area contributed by atoms with E-state index >= 15 is 0 Å². The summed E-state index contributed by atoms with van der Waals surface area (Å²) in [6.07, 6.45) is 1.65. The number of rotatable bonds is 5.